The Morgan fingerprint density at radius 2 is 1.92 bits per heavy atom. The van der Waals surface area contributed by atoms with Crippen molar-refractivity contribution in [1.82, 2.24) is 10.4 Å². The van der Waals surface area contributed by atoms with E-state index in [-0.39, 0.29) is 5.96 Å². The van der Waals surface area contributed by atoms with Crippen molar-refractivity contribution in [1.29, 1.82) is 5.41 Å². The van der Waals surface area contributed by atoms with Crippen molar-refractivity contribution in [2.45, 2.75) is 51.9 Å². The van der Waals surface area contributed by atoms with Crippen LogP contribution in [0.15, 0.2) is 29.4 Å². The lowest BCUT2D eigenvalue weighted by atomic mass is 9.84. The van der Waals surface area contributed by atoms with Crippen LogP contribution in [0.4, 0.5) is 0 Å². The zero-order valence-corrected chi connectivity index (χ0v) is 15.6. The van der Waals surface area contributed by atoms with E-state index >= 15 is 0 Å². The zero-order valence-electron chi connectivity index (χ0n) is 14.8. The van der Waals surface area contributed by atoms with E-state index in [1.165, 1.54) is 37.7 Å². The second-order valence-corrected chi connectivity index (χ2v) is 7.61. The monoisotopic (exact) mass is 355 g/mol. The molecule has 1 aliphatic rings. The van der Waals surface area contributed by atoms with Crippen molar-refractivity contribution in [2.75, 3.05) is 0 Å². The molecule has 1 aromatic heterocycles. The van der Waals surface area contributed by atoms with Crippen LogP contribution in [0.25, 0.3) is 10.6 Å². The molecule has 1 aromatic carbocycles. The highest BCUT2D eigenvalue weighted by Crippen LogP contribution is 2.34. The lowest BCUT2D eigenvalue weighted by molar-refractivity contribution is 0.443. The Labute approximate surface area is 152 Å². The normalized spacial score (nSPS) is 16.0. The number of hydrogen-bond acceptors (Lipinski definition) is 4. The topological polar surface area (TPSA) is 87.2 Å². The summed E-state index contributed by atoms with van der Waals surface area (Å²) in [4.78, 5) is 5.71. The molecule has 1 fully saturated rings. The molecule has 1 aliphatic carbocycles. The summed E-state index contributed by atoms with van der Waals surface area (Å²) >= 11 is 1.62. The van der Waals surface area contributed by atoms with E-state index in [1.807, 2.05) is 13.8 Å². The molecular formula is C19H25N5S. The highest BCUT2D eigenvalue weighted by molar-refractivity contribution is 7.17. The Morgan fingerprint density at radius 1 is 1.24 bits per heavy atom. The molecule has 0 atom stereocenters. The number of aryl methyl sites for hydroxylation is 1. The first-order valence-electron chi connectivity index (χ1n) is 8.77. The van der Waals surface area contributed by atoms with Gasteiger partial charge in [-0.15, -0.1) is 11.3 Å². The van der Waals surface area contributed by atoms with Gasteiger partial charge in [0.1, 0.15) is 5.01 Å². The average molecular weight is 356 g/mol. The zero-order chi connectivity index (χ0) is 17.8. The van der Waals surface area contributed by atoms with Gasteiger partial charge in [-0.2, -0.15) is 5.10 Å². The van der Waals surface area contributed by atoms with Gasteiger partial charge in [0, 0.05) is 5.56 Å². The number of hydrazone groups is 1. The highest BCUT2D eigenvalue weighted by Gasteiger charge is 2.16. The van der Waals surface area contributed by atoms with Crippen LogP contribution < -0.4 is 11.2 Å². The number of hydrogen-bond donors (Lipinski definition) is 3. The van der Waals surface area contributed by atoms with Crippen molar-refractivity contribution in [2.24, 2.45) is 10.8 Å². The summed E-state index contributed by atoms with van der Waals surface area (Å²) in [5, 5.41) is 12.3. The van der Waals surface area contributed by atoms with Crippen molar-refractivity contribution in [3.8, 4) is 10.6 Å². The van der Waals surface area contributed by atoms with Gasteiger partial charge < -0.3 is 5.73 Å². The average Bonchev–Trinajstić information content (AvgIpc) is 3.02. The number of thiazole rings is 1. The molecule has 4 N–H and O–H groups in total. The summed E-state index contributed by atoms with van der Waals surface area (Å²) in [6.45, 7) is 3.88. The molecule has 0 radical (unpaired) electrons. The molecular weight excluding hydrogens is 330 g/mol. The number of aromatic nitrogens is 1. The van der Waals surface area contributed by atoms with E-state index in [2.05, 4.69) is 34.8 Å². The van der Waals surface area contributed by atoms with Gasteiger partial charge in [0.05, 0.1) is 16.3 Å². The standard InChI is InChI=1S/C19H25N5S/c1-12-17(13(2)23-24-19(20)21)25-18(22-12)16-10-8-15(9-11-16)14-6-4-3-5-7-14/h8-11,14H,3-7H2,1-2H3,(H4,20,21,24)/b23-13-. The molecule has 6 heteroatoms. The van der Waals surface area contributed by atoms with Crippen LogP contribution in [0.2, 0.25) is 0 Å². The highest BCUT2D eigenvalue weighted by atomic mass is 32.1. The van der Waals surface area contributed by atoms with Crippen molar-refractivity contribution < 1.29 is 0 Å². The molecule has 0 aliphatic heterocycles. The number of nitrogens with zero attached hydrogens (tertiary/aromatic N) is 2. The minimum absolute atomic E-state index is 0.167. The summed E-state index contributed by atoms with van der Waals surface area (Å²) < 4.78 is 0. The number of nitrogens with two attached hydrogens (primary N) is 1. The van der Waals surface area contributed by atoms with Crippen molar-refractivity contribution >= 4 is 23.0 Å². The summed E-state index contributed by atoms with van der Waals surface area (Å²) in [5.41, 5.74) is 12.1. The first kappa shape index (κ1) is 17.6. The van der Waals surface area contributed by atoms with E-state index in [1.54, 1.807) is 11.3 Å². The van der Waals surface area contributed by atoms with Crippen LogP contribution in [0, 0.1) is 12.3 Å². The van der Waals surface area contributed by atoms with Crippen LogP contribution in [-0.2, 0) is 0 Å². The molecule has 5 nitrogen and oxygen atoms in total. The third kappa shape index (κ3) is 4.25. The Balaban J connectivity index is 1.79. The Morgan fingerprint density at radius 3 is 2.56 bits per heavy atom. The molecule has 3 rings (SSSR count). The van der Waals surface area contributed by atoms with Crippen LogP contribution in [0.1, 0.15) is 61.1 Å². The summed E-state index contributed by atoms with van der Waals surface area (Å²) in [6.07, 6.45) is 6.73. The van der Waals surface area contributed by atoms with Gasteiger partial charge in [-0.3, -0.25) is 5.41 Å². The fraction of sp³-hybridized carbons (Fsp3) is 0.421. The van der Waals surface area contributed by atoms with Gasteiger partial charge in [0.15, 0.2) is 0 Å². The molecule has 132 valence electrons. The molecule has 0 bridgehead atoms. The van der Waals surface area contributed by atoms with Gasteiger partial charge >= 0.3 is 0 Å². The van der Waals surface area contributed by atoms with E-state index in [4.69, 9.17) is 16.1 Å². The number of guanidine groups is 1. The van der Waals surface area contributed by atoms with Crippen molar-refractivity contribution in [3.05, 3.63) is 40.4 Å². The number of nitrogens with one attached hydrogen (secondary N) is 2. The second kappa shape index (κ2) is 7.78. The summed E-state index contributed by atoms with van der Waals surface area (Å²) in [5.74, 6) is 0.559. The van der Waals surface area contributed by atoms with Crippen LogP contribution >= 0.6 is 11.3 Å². The van der Waals surface area contributed by atoms with E-state index in [9.17, 15) is 0 Å². The van der Waals surface area contributed by atoms with Gasteiger partial charge in [-0.1, -0.05) is 43.5 Å². The minimum Gasteiger partial charge on any atom is -0.369 e. The maximum Gasteiger partial charge on any atom is 0.206 e. The maximum atomic E-state index is 7.20. The van der Waals surface area contributed by atoms with E-state index in [0.29, 0.717) is 0 Å². The van der Waals surface area contributed by atoms with Crippen molar-refractivity contribution in [3.63, 3.8) is 0 Å². The lowest BCUT2D eigenvalue weighted by Gasteiger charge is -2.21. The maximum absolute atomic E-state index is 7.20. The third-order valence-electron chi connectivity index (χ3n) is 4.70. The van der Waals surface area contributed by atoms with E-state index < -0.39 is 0 Å². The fourth-order valence-electron chi connectivity index (χ4n) is 3.38. The molecule has 2 aromatic rings. The van der Waals surface area contributed by atoms with E-state index in [0.717, 1.165) is 32.8 Å². The molecule has 0 unspecified atom stereocenters. The SMILES string of the molecule is C/C(=N/NC(=N)N)c1sc(-c2ccc(C3CCCCC3)cc2)nc1C. The van der Waals surface area contributed by atoms with Crippen LogP contribution in [0.5, 0.6) is 0 Å². The second-order valence-electron chi connectivity index (χ2n) is 6.61. The predicted molar refractivity (Wildman–Crippen MR) is 105 cm³/mol. The number of benzene rings is 1. The third-order valence-corrected chi connectivity index (χ3v) is 6.02. The molecule has 1 heterocycles. The van der Waals surface area contributed by atoms with Gasteiger partial charge in [-0.05, 0) is 38.2 Å². The Bertz CT molecular complexity index is 770. The first-order valence-corrected chi connectivity index (χ1v) is 9.58. The predicted octanol–water partition coefficient (Wildman–Crippen LogP) is 4.37. The van der Waals surface area contributed by atoms with Gasteiger partial charge in [0.25, 0.3) is 0 Å². The summed E-state index contributed by atoms with van der Waals surface area (Å²) in [7, 11) is 0. The Kier molecular flexibility index (Phi) is 5.48. The fourth-order valence-corrected chi connectivity index (χ4v) is 4.40. The molecule has 0 saturated heterocycles. The molecule has 1 saturated carbocycles. The smallest absolute Gasteiger partial charge is 0.206 e. The molecule has 25 heavy (non-hydrogen) atoms. The lowest BCUT2D eigenvalue weighted by Crippen LogP contribution is -2.26. The summed E-state index contributed by atoms with van der Waals surface area (Å²) in [6, 6.07) is 8.90. The molecule has 0 amide bonds. The van der Waals surface area contributed by atoms with Gasteiger partial charge in [-0.25, -0.2) is 10.4 Å². The molecule has 0 spiro atoms. The quantitative estimate of drug-likeness (QED) is 0.432. The Hall–Kier alpha value is -2.21. The van der Waals surface area contributed by atoms with Gasteiger partial charge in [0.2, 0.25) is 5.96 Å². The minimum atomic E-state index is -0.167. The largest absolute Gasteiger partial charge is 0.369 e. The van der Waals surface area contributed by atoms with Crippen LogP contribution in [-0.4, -0.2) is 16.7 Å². The van der Waals surface area contributed by atoms with Crippen LogP contribution in [0.3, 0.4) is 0 Å². The number of rotatable bonds is 4. The first-order chi connectivity index (χ1) is 12.0.